The number of hydrogen-bond acceptors (Lipinski definition) is 5. The Bertz CT molecular complexity index is 1080. The maximum atomic E-state index is 14.2. The number of benzene rings is 1. The quantitative estimate of drug-likeness (QED) is 0.419. The standard InChI is InChI=1S/C21H19ClFN3O2S2/c1-3-25(12-16-9-10-19(22)30-16)20(28)11-8-15-13-29-21(24-15)26(14(2)27)18-7-5-4-6-17(18)23/h4-11,13H,3,12H2,1-2H3/b11-8+. The first-order valence-corrected chi connectivity index (χ1v) is 11.2. The first kappa shape index (κ1) is 22.1. The van der Waals surface area contributed by atoms with E-state index in [1.54, 1.807) is 28.5 Å². The molecule has 0 aliphatic heterocycles. The molecule has 3 aromatic rings. The van der Waals surface area contributed by atoms with Crippen molar-refractivity contribution in [1.29, 1.82) is 0 Å². The number of amides is 2. The second-order valence-corrected chi connectivity index (χ2v) is 8.89. The van der Waals surface area contributed by atoms with Crippen molar-refractivity contribution in [3.63, 3.8) is 0 Å². The summed E-state index contributed by atoms with van der Waals surface area (Å²) in [6.45, 7) is 4.28. The van der Waals surface area contributed by atoms with E-state index in [0.717, 1.165) is 4.88 Å². The molecule has 156 valence electrons. The molecule has 0 aliphatic carbocycles. The highest BCUT2D eigenvalue weighted by Crippen LogP contribution is 2.31. The zero-order valence-corrected chi connectivity index (χ0v) is 18.7. The molecule has 0 bridgehead atoms. The van der Waals surface area contributed by atoms with Gasteiger partial charge in [0.1, 0.15) is 5.82 Å². The average molecular weight is 464 g/mol. The van der Waals surface area contributed by atoms with Gasteiger partial charge in [-0.15, -0.1) is 22.7 Å². The van der Waals surface area contributed by atoms with E-state index in [0.29, 0.717) is 28.3 Å². The highest BCUT2D eigenvalue weighted by Gasteiger charge is 2.20. The number of para-hydroxylation sites is 1. The zero-order valence-electron chi connectivity index (χ0n) is 16.3. The summed E-state index contributed by atoms with van der Waals surface area (Å²) in [5, 5.41) is 2.05. The van der Waals surface area contributed by atoms with E-state index in [1.807, 2.05) is 19.1 Å². The van der Waals surface area contributed by atoms with E-state index >= 15 is 0 Å². The molecule has 0 atom stereocenters. The number of thiophene rings is 1. The van der Waals surface area contributed by atoms with E-state index in [2.05, 4.69) is 4.98 Å². The van der Waals surface area contributed by atoms with E-state index in [9.17, 15) is 14.0 Å². The minimum Gasteiger partial charge on any atom is -0.334 e. The number of hydrogen-bond donors (Lipinski definition) is 0. The van der Waals surface area contributed by atoms with Crippen LogP contribution < -0.4 is 4.90 Å². The van der Waals surface area contributed by atoms with Crippen molar-refractivity contribution in [2.75, 3.05) is 11.4 Å². The number of carbonyl (C=O) groups excluding carboxylic acids is 2. The molecule has 30 heavy (non-hydrogen) atoms. The number of anilines is 2. The maximum absolute atomic E-state index is 14.2. The van der Waals surface area contributed by atoms with Gasteiger partial charge >= 0.3 is 0 Å². The van der Waals surface area contributed by atoms with Crippen molar-refractivity contribution < 1.29 is 14.0 Å². The molecule has 9 heteroatoms. The van der Waals surface area contributed by atoms with Gasteiger partial charge in [0, 0.05) is 29.8 Å². The Morgan fingerprint density at radius 3 is 2.63 bits per heavy atom. The molecular weight excluding hydrogens is 445 g/mol. The molecule has 2 amide bonds. The average Bonchev–Trinajstić information content (AvgIpc) is 3.34. The molecule has 0 saturated heterocycles. The lowest BCUT2D eigenvalue weighted by atomic mass is 10.3. The maximum Gasteiger partial charge on any atom is 0.246 e. The predicted molar refractivity (Wildman–Crippen MR) is 121 cm³/mol. The molecule has 0 fully saturated rings. The third-order valence-electron chi connectivity index (χ3n) is 4.17. The van der Waals surface area contributed by atoms with Gasteiger partial charge in [0.25, 0.3) is 0 Å². The lowest BCUT2D eigenvalue weighted by Crippen LogP contribution is -2.28. The van der Waals surface area contributed by atoms with Crippen molar-refractivity contribution in [3.8, 4) is 0 Å². The molecule has 0 spiro atoms. The summed E-state index contributed by atoms with van der Waals surface area (Å²) in [6.07, 6.45) is 3.03. The summed E-state index contributed by atoms with van der Waals surface area (Å²) in [4.78, 5) is 32.9. The number of carbonyl (C=O) groups is 2. The summed E-state index contributed by atoms with van der Waals surface area (Å²) in [7, 11) is 0. The summed E-state index contributed by atoms with van der Waals surface area (Å²) in [5.41, 5.74) is 0.652. The van der Waals surface area contributed by atoms with Gasteiger partial charge in [-0.2, -0.15) is 0 Å². The topological polar surface area (TPSA) is 53.5 Å². The summed E-state index contributed by atoms with van der Waals surface area (Å²) >= 11 is 8.59. The lowest BCUT2D eigenvalue weighted by Gasteiger charge is -2.18. The lowest BCUT2D eigenvalue weighted by molar-refractivity contribution is -0.126. The first-order valence-electron chi connectivity index (χ1n) is 9.11. The van der Waals surface area contributed by atoms with Crippen LogP contribution in [0.25, 0.3) is 6.08 Å². The first-order chi connectivity index (χ1) is 14.4. The number of halogens is 2. The number of likely N-dealkylation sites (N-methyl/N-ethyl adjacent to an activating group) is 1. The largest absolute Gasteiger partial charge is 0.334 e. The molecule has 0 unspecified atom stereocenters. The van der Waals surface area contributed by atoms with Gasteiger partial charge < -0.3 is 4.90 Å². The summed E-state index contributed by atoms with van der Waals surface area (Å²) in [6, 6.07) is 9.73. The monoisotopic (exact) mass is 463 g/mol. The fraction of sp³-hybridized carbons (Fsp3) is 0.190. The fourth-order valence-corrected chi connectivity index (χ4v) is 4.68. The Morgan fingerprint density at radius 2 is 2.00 bits per heavy atom. The molecule has 2 heterocycles. The molecule has 2 aromatic heterocycles. The van der Waals surface area contributed by atoms with Gasteiger partial charge in [-0.1, -0.05) is 23.7 Å². The Balaban J connectivity index is 1.74. The number of nitrogens with zero attached hydrogens (tertiary/aromatic N) is 3. The Morgan fingerprint density at radius 1 is 1.23 bits per heavy atom. The molecule has 1 aromatic carbocycles. The Labute approximate surface area is 187 Å². The van der Waals surface area contributed by atoms with Gasteiger partial charge in [-0.3, -0.25) is 14.5 Å². The Kier molecular flexibility index (Phi) is 7.36. The van der Waals surface area contributed by atoms with Gasteiger partial charge in [-0.25, -0.2) is 9.37 Å². The molecule has 5 nitrogen and oxygen atoms in total. The highest BCUT2D eigenvalue weighted by molar-refractivity contribution is 7.16. The molecule has 0 aliphatic rings. The van der Waals surface area contributed by atoms with Crippen LogP contribution in [0.3, 0.4) is 0 Å². The predicted octanol–water partition coefficient (Wildman–Crippen LogP) is 5.74. The molecule has 0 radical (unpaired) electrons. The van der Waals surface area contributed by atoms with Crippen LogP contribution >= 0.6 is 34.3 Å². The second kappa shape index (κ2) is 9.97. The fourth-order valence-electron chi connectivity index (χ4n) is 2.73. The van der Waals surface area contributed by atoms with Crippen LogP contribution in [-0.4, -0.2) is 28.2 Å². The Hall–Kier alpha value is -2.55. The van der Waals surface area contributed by atoms with E-state index in [1.165, 1.54) is 52.7 Å². The third-order valence-corrected chi connectivity index (χ3v) is 6.23. The van der Waals surface area contributed by atoms with Crippen LogP contribution in [0.4, 0.5) is 15.2 Å². The van der Waals surface area contributed by atoms with Crippen LogP contribution in [0, 0.1) is 5.82 Å². The molecular formula is C21H19ClFN3O2S2. The van der Waals surface area contributed by atoms with Gasteiger partial charge in [-0.05, 0) is 37.3 Å². The number of thiazole rings is 1. The molecule has 0 N–H and O–H groups in total. The van der Waals surface area contributed by atoms with E-state index in [4.69, 9.17) is 11.6 Å². The van der Waals surface area contributed by atoms with E-state index in [-0.39, 0.29) is 17.5 Å². The second-order valence-electron chi connectivity index (χ2n) is 6.25. The SMILES string of the molecule is CCN(Cc1ccc(Cl)s1)C(=O)/C=C/c1csc(N(C(C)=O)c2ccccc2F)n1. The van der Waals surface area contributed by atoms with Crippen LogP contribution in [0.15, 0.2) is 47.9 Å². The minimum atomic E-state index is -0.512. The molecule has 3 rings (SSSR count). The summed E-state index contributed by atoms with van der Waals surface area (Å²) in [5.74, 6) is -1.02. The third kappa shape index (κ3) is 5.33. The van der Waals surface area contributed by atoms with Crippen molar-refractivity contribution in [1.82, 2.24) is 9.88 Å². The van der Waals surface area contributed by atoms with Gasteiger partial charge in [0.05, 0.1) is 22.3 Å². The van der Waals surface area contributed by atoms with Gasteiger partial charge in [0.15, 0.2) is 5.13 Å². The summed E-state index contributed by atoms with van der Waals surface area (Å²) < 4.78 is 14.9. The van der Waals surface area contributed by atoms with Crippen molar-refractivity contribution in [3.05, 3.63) is 68.6 Å². The smallest absolute Gasteiger partial charge is 0.246 e. The van der Waals surface area contributed by atoms with Crippen LogP contribution in [0.1, 0.15) is 24.4 Å². The zero-order chi connectivity index (χ0) is 21.7. The van der Waals surface area contributed by atoms with Gasteiger partial charge in [0.2, 0.25) is 11.8 Å². The normalized spacial score (nSPS) is 11.1. The number of aromatic nitrogens is 1. The minimum absolute atomic E-state index is 0.137. The van der Waals surface area contributed by atoms with Crippen molar-refractivity contribution in [2.45, 2.75) is 20.4 Å². The van der Waals surface area contributed by atoms with Crippen LogP contribution in [-0.2, 0) is 16.1 Å². The molecule has 0 saturated carbocycles. The van der Waals surface area contributed by atoms with E-state index < -0.39 is 5.82 Å². The van der Waals surface area contributed by atoms with Crippen LogP contribution in [0.2, 0.25) is 4.34 Å². The highest BCUT2D eigenvalue weighted by atomic mass is 35.5. The van der Waals surface area contributed by atoms with Crippen molar-refractivity contribution >= 4 is 63.0 Å². The van der Waals surface area contributed by atoms with Crippen LogP contribution in [0.5, 0.6) is 0 Å². The number of rotatable bonds is 7. The van der Waals surface area contributed by atoms with Crippen molar-refractivity contribution in [2.24, 2.45) is 0 Å².